The number of carbonyl (C=O) groups is 1. The van der Waals surface area contributed by atoms with Gasteiger partial charge < -0.3 is 5.11 Å². The Labute approximate surface area is 99.9 Å². The maximum Gasteiger partial charge on any atom is 0.335 e. The molecule has 0 bridgehead atoms. The summed E-state index contributed by atoms with van der Waals surface area (Å²) in [4.78, 5) is 10.8. The molecular formula is C11H12F2O3S. The van der Waals surface area contributed by atoms with Crippen LogP contribution < -0.4 is 0 Å². The van der Waals surface area contributed by atoms with Gasteiger partial charge in [0.05, 0.1) is 21.3 Å². The van der Waals surface area contributed by atoms with E-state index in [1.807, 2.05) is 0 Å². The SMILES string of the molecule is CC[S@](=O)c1c(C(F)F)ccc(C(=O)O)c1C. The molecule has 0 aliphatic heterocycles. The molecule has 1 atom stereocenters. The number of rotatable bonds is 4. The predicted molar refractivity (Wildman–Crippen MR) is 60.0 cm³/mol. The van der Waals surface area contributed by atoms with E-state index in [0.717, 1.165) is 12.1 Å². The molecule has 17 heavy (non-hydrogen) atoms. The average molecular weight is 262 g/mol. The zero-order valence-electron chi connectivity index (χ0n) is 9.37. The summed E-state index contributed by atoms with van der Waals surface area (Å²) >= 11 is 0. The summed E-state index contributed by atoms with van der Waals surface area (Å²) in [6, 6.07) is 2.15. The standard InChI is InChI=1S/C11H12F2O3S/c1-3-17(16)9-6(2)7(11(14)15)4-5-8(9)10(12)13/h4-5,10H,3H2,1-2H3,(H,14,15)/t17-/m0/s1. The normalized spacial score (nSPS) is 12.8. The molecule has 0 amide bonds. The third-order valence-corrected chi connectivity index (χ3v) is 3.91. The number of alkyl halides is 2. The molecule has 6 heteroatoms. The van der Waals surface area contributed by atoms with E-state index in [1.165, 1.54) is 6.92 Å². The van der Waals surface area contributed by atoms with Gasteiger partial charge in [0.25, 0.3) is 6.43 Å². The van der Waals surface area contributed by atoms with Crippen molar-refractivity contribution in [1.82, 2.24) is 0 Å². The lowest BCUT2D eigenvalue weighted by molar-refractivity contribution is 0.0695. The highest BCUT2D eigenvalue weighted by molar-refractivity contribution is 7.85. The van der Waals surface area contributed by atoms with Gasteiger partial charge in [0, 0.05) is 11.3 Å². The summed E-state index contributed by atoms with van der Waals surface area (Å²) < 4.78 is 37.2. The molecule has 94 valence electrons. The van der Waals surface area contributed by atoms with Crippen LogP contribution in [0.2, 0.25) is 0 Å². The third kappa shape index (κ3) is 2.69. The van der Waals surface area contributed by atoms with Crippen LogP contribution in [0.4, 0.5) is 8.78 Å². The van der Waals surface area contributed by atoms with Crippen LogP contribution in [0.1, 0.15) is 34.8 Å². The van der Waals surface area contributed by atoms with Gasteiger partial charge in [-0.3, -0.25) is 4.21 Å². The quantitative estimate of drug-likeness (QED) is 0.907. The largest absolute Gasteiger partial charge is 0.478 e. The van der Waals surface area contributed by atoms with Crippen LogP contribution in [0.25, 0.3) is 0 Å². The van der Waals surface area contributed by atoms with Crippen LogP contribution in [0.15, 0.2) is 17.0 Å². The Kier molecular flexibility index (Phi) is 4.34. The van der Waals surface area contributed by atoms with Crippen molar-refractivity contribution >= 4 is 16.8 Å². The minimum absolute atomic E-state index is 0.0533. The van der Waals surface area contributed by atoms with Crippen molar-refractivity contribution in [2.45, 2.75) is 25.2 Å². The molecule has 1 aromatic carbocycles. The Bertz CT molecular complexity index is 472. The second-order valence-electron chi connectivity index (χ2n) is 3.40. The zero-order chi connectivity index (χ0) is 13.2. The Morgan fingerprint density at radius 1 is 1.47 bits per heavy atom. The Morgan fingerprint density at radius 2 is 2.06 bits per heavy atom. The monoisotopic (exact) mass is 262 g/mol. The lowest BCUT2D eigenvalue weighted by Gasteiger charge is -2.13. The number of carboxylic acids is 1. The van der Waals surface area contributed by atoms with Gasteiger partial charge in [-0.1, -0.05) is 13.0 Å². The van der Waals surface area contributed by atoms with E-state index in [2.05, 4.69) is 0 Å². The van der Waals surface area contributed by atoms with Gasteiger partial charge in [0.1, 0.15) is 0 Å². The number of hydrogen-bond donors (Lipinski definition) is 1. The topological polar surface area (TPSA) is 54.4 Å². The molecule has 0 spiro atoms. The van der Waals surface area contributed by atoms with E-state index >= 15 is 0 Å². The van der Waals surface area contributed by atoms with E-state index in [0.29, 0.717) is 0 Å². The van der Waals surface area contributed by atoms with E-state index < -0.39 is 23.2 Å². The van der Waals surface area contributed by atoms with Gasteiger partial charge in [-0.25, -0.2) is 13.6 Å². The first-order chi connectivity index (χ1) is 7.90. The molecule has 0 radical (unpaired) electrons. The lowest BCUT2D eigenvalue weighted by Crippen LogP contribution is -2.09. The predicted octanol–water partition coefficient (Wildman–Crippen LogP) is 2.76. The summed E-state index contributed by atoms with van der Waals surface area (Å²) in [5, 5.41) is 8.89. The molecule has 1 aromatic rings. The smallest absolute Gasteiger partial charge is 0.335 e. The van der Waals surface area contributed by atoms with Gasteiger partial charge in [-0.15, -0.1) is 0 Å². The lowest BCUT2D eigenvalue weighted by atomic mass is 10.1. The Hall–Kier alpha value is -1.30. The van der Waals surface area contributed by atoms with Gasteiger partial charge in [0.2, 0.25) is 0 Å². The van der Waals surface area contributed by atoms with Crippen LogP contribution in [0.3, 0.4) is 0 Å². The van der Waals surface area contributed by atoms with E-state index in [4.69, 9.17) is 5.11 Å². The summed E-state index contributed by atoms with van der Waals surface area (Å²) in [5.74, 6) is -1.04. The first-order valence-corrected chi connectivity index (χ1v) is 6.25. The van der Waals surface area contributed by atoms with E-state index in [-0.39, 0.29) is 27.3 Å². The Balaban J connectivity index is 3.53. The van der Waals surface area contributed by atoms with Crippen molar-refractivity contribution < 1.29 is 22.9 Å². The zero-order valence-corrected chi connectivity index (χ0v) is 10.2. The maximum atomic E-state index is 12.8. The van der Waals surface area contributed by atoms with Crippen molar-refractivity contribution in [3.8, 4) is 0 Å². The molecule has 0 saturated heterocycles. The number of hydrogen-bond acceptors (Lipinski definition) is 2. The van der Waals surface area contributed by atoms with Crippen LogP contribution in [0.5, 0.6) is 0 Å². The molecule has 0 fully saturated rings. The van der Waals surface area contributed by atoms with E-state index in [9.17, 15) is 17.8 Å². The minimum atomic E-state index is -2.76. The molecule has 0 aromatic heterocycles. The van der Waals surface area contributed by atoms with Gasteiger partial charge in [0.15, 0.2) is 0 Å². The molecule has 0 aliphatic rings. The van der Waals surface area contributed by atoms with Crippen LogP contribution in [-0.2, 0) is 10.8 Å². The molecule has 1 N–H and O–H groups in total. The van der Waals surface area contributed by atoms with Gasteiger partial charge in [-0.2, -0.15) is 0 Å². The van der Waals surface area contributed by atoms with Crippen LogP contribution in [0, 0.1) is 6.92 Å². The highest BCUT2D eigenvalue weighted by Gasteiger charge is 2.22. The molecule has 3 nitrogen and oxygen atoms in total. The Morgan fingerprint density at radius 3 is 2.47 bits per heavy atom. The number of aromatic carboxylic acids is 1. The number of benzene rings is 1. The van der Waals surface area contributed by atoms with E-state index in [1.54, 1.807) is 6.92 Å². The van der Waals surface area contributed by atoms with Crippen molar-refractivity contribution in [3.05, 3.63) is 28.8 Å². The number of carboxylic acid groups (broad SMARTS) is 1. The van der Waals surface area contributed by atoms with Crippen molar-refractivity contribution in [2.24, 2.45) is 0 Å². The van der Waals surface area contributed by atoms with Crippen molar-refractivity contribution in [2.75, 3.05) is 5.75 Å². The number of halogens is 2. The van der Waals surface area contributed by atoms with Gasteiger partial charge in [-0.05, 0) is 18.6 Å². The molecule has 0 saturated carbocycles. The molecule has 1 rings (SSSR count). The molecular weight excluding hydrogens is 250 g/mol. The summed E-state index contributed by atoms with van der Waals surface area (Å²) in [6.45, 7) is 3.00. The first-order valence-electron chi connectivity index (χ1n) is 4.93. The van der Waals surface area contributed by atoms with Crippen molar-refractivity contribution in [1.29, 1.82) is 0 Å². The second kappa shape index (κ2) is 5.35. The fraction of sp³-hybridized carbons (Fsp3) is 0.364. The highest BCUT2D eigenvalue weighted by Crippen LogP contribution is 2.30. The van der Waals surface area contributed by atoms with Crippen LogP contribution >= 0.6 is 0 Å². The average Bonchev–Trinajstić information content (AvgIpc) is 2.26. The minimum Gasteiger partial charge on any atom is -0.478 e. The first kappa shape index (κ1) is 13.8. The van der Waals surface area contributed by atoms with Gasteiger partial charge >= 0.3 is 5.97 Å². The molecule has 0 unspecified atom stereocenters. The molecule has 0 aliphatic carbocycles. The fourth-order valence-electron chi connectivity index (χ4n) is 1.56. The summed E-state index contributed by atoms with van der Waals surface area (Å²) in [6.07, 6.45) is -2.76. The summed E-state index contributed by atoms with van der Waals surface area (Å²) in [7, 11) is -1.60. The van der Waals surface area contributed by atoms with Crippen molar-refractivity contribution in [3.63, 3.8) is 0 Å². The highest BCUT2D eigenvalue weighted by atomic mass is 32.2. The third-order valence-electron chi connectivity index (χ3n) is 2.39. The van der Waals surface area contributed by atoms with Crippen LogP contribution in [-0.4, -0.2) is 21.0 Å². The maximum absolute atomic E-state index is 12.8. The summed E-state index contributed by atoms with van der Waals surface area (Å²) in [5.41, 5.74) is -0.297. The molecule has 0 heterocycles. The second-order valence-corrected chi connectivity index (χ2v) is 5.07. The fourth-order valence-corrected chi connectivity index (χ4v) is 2.72.